The van der Waals surface area contributed by atoms with E-state index in [0.717, 1.165) is 23.3 Å². The Balaban J connectivity index is 2.58. The molecule has 0 saturated heterocycles. The number of benzene rings is 1. The van der Waals surface area contributed by atoms with Gasteiger partial charge in [0.25, 0.3) is 0 Å². The van der Waals surface area contributed by atoms with Crippen LogP contribution >= 0.6 is 0 Å². The van der Waals surface area contributed by atoms with Crippen molar-refractivity contribution in [3.05, 3.63) is 35.4 Å². The molecule has 0 radical (unpaired) electrons. The van der Waals surface area contributed by atoms with Gasteiger partial charge in [-0.3, -0.25) is 0 Å². The number of hydrogen-bond acceptors (Lipinski definition) is 3. The highest BCUT2D eigenvalue weighted by molar-refractivity contribution is 5.70. The summed E-state index contributed by atoms with van der Waals surface area (Å²) in [6.07, 6.45) is 0.878. The topological polar surface area (TPSA) is 52.0 Å². The minimum Gasteiger partial charge on any atom is -0.381 e. The first kappa shape index (κ1) is 14.6. The minimum atomic E-state index is 0.0489. The normalized spacial score (nSPS) is 12.1. The van der Waals surface area contributed by atoms with Crippen molar-refractivity contribution in [3.63, 3.8) is 0 Å². The quantitative estimate of drug-likeness (QED) is 0.899. The predicted octanol–water partition coefficient (Wildman–Crippen LogP) is 4.42. The molecular formula is C17H24N2O. The van der Waals surface area contributed by atoms with Crippen LogP contribution in [-0.4, -0.2) is 5.16 Å². The second-order valence-corrected chi connectivity index (χ2v) is 6.77. The second kappa shape index (κ2) is 5.31. The van der Waals surface area contributed by atoms with E-state index in [2.05, 4.69) is 58.0 Å². The van der Waals surface area contributed by atoms with Crippen LogP contribution in [0, 0.1) is 5.92 Å². The lowest BCUT2D eigenvalue weighted by atomic mass is 9.82. The molecule has 3 nitrogen and oxygen atoms in total. The summed E-state index contributed by atoms with van der Waals surface area (Å²) in [4.78, 5) is 0. The number of nitrogens with zero attached hydrogens (tertiary/aromatic N) is 1. The first-order chi connectivity index (χ1) is 9.30. The number of rotatable bonds is 3. The first-order valence-corrected chi connectivity index (χ1v) is 7.14. The molecule has 0 atom stereocenters. The molecule has 1 aromatic carbocycles. The number of anilines is 1. The third-order valence-corrected chi connectivity index (χ3v) is 3.41. The van der Waals surface area contributed by atoms with Gasteiger partial charge in [-0.25, -0.2) is 0 Å². The van der Waals surface area contributed by atoms with Crippen molar-refractivity contribution in [1.29, 1.82) is 0 Å². The molecule has 1 aromatic heterocycles. The highest BCUT2D eigenvalue weighted by atomic mass is 16.5. The van der Waals surface area contributed by atoms with E-state index in [1.807, 2.05) is 6.07 Å². The summed E-state index contributed by atoms with van der Waals surface area (Å²) >= 11 is 0. The lowest BCUT2D eigenvalue weighted by Gasteiger charge is -2.22. The Bertz CT molecular complexity index is 591. The van der Waals surface area contributed by atoms with Gasteiger partial charge in [0.2, 0.25) is 0 Å². The van der Waals surface area contributed by atoms with Crippen LogP contribution in [0.5, 0.6) is 0 Å². The zero-order valence-corrected chi connectivity index (χ0v) is 13.0. The summed E-state index contributed by atoms with van der Waals surface area (Å²) in [5.74, 6) is 1.84. The Morgan fingerprint density at radius 1 is 1.20 bits per heavy atom. The van der Waals surface area contributed by atoms with Crippen LogP contribution < -0.4 is 5.73 Å². The van der Waals surface area contributed by atoms with Crippen molar-refractivity contribution in [2.24, 2.45) is 5.92 Å². The van der Waals surface area contributed by atoms with Gasteiger partial charge in [0.1, 0.15) is 0 Å². The van der Waals surface area contributed by atoms with Gasteiger partial charge in [0.15, 0.2) is 11.6 Å². The van der Waals surface area contributed by atoms with Crippen molar-refractivity contribution >= 4 is 5.82 Å². The Morgan fingerprint density at radius 3 is 2.45 bits per heavy atom. The summed E-state index contributed by atoms with van der Waals surface area (Å²) in [5.41, 5.74) is 9.40. The molecule has 0 aliphatic heterocycles. The standard InChI is InChI=1S/C17H24N2O/c1-11(2)10-13-15(20-19-16(13)18)12-8-6-7-9-14(12)17(3,4)5/h6-9,11H,10H2,1-5H3,(H2,18,19). The molecule has 0 fully saturated rings. The van der Waals surface area contributed by atoms with Crippen LogP contribution in [0.3, 0.4) is 0 Å². The molecule has 2 aromatic rings. The van der Waals surface area contributed by atoms with Crippen LogP contribution in [-0.2, 0) is 11.8 Å². The number of hydrogen-bond donors (Lipinski definition) is 1. The minimum absolute atomic E-state index is 0.0489. The number of aromatic nitrogens is 1. The van der Waals surface area contributed by atoms with Gasteiger partial charge in [0.05, 0.1) is 0 Å². The van der Waals surface area contributed by atoms with Gasteiger partial charge in [-0.05, 0) is 23.3 Å². The van der Waals surface area contributed by atoms with E-state index >= 15 is 0 Å². The first-order valence-electron chi connectivity index (χ1n) is 7.14. The summed E-state index contributed by atoms with van der Waals surface area (Å²) in [6, 6.07) is 8.33. The van der Waals surface area contributed by atoms with E-state index in [4.69, 9.17) is 10.3 Å². The van der Waals surface area contributed by atoms with Crippen molar-refractivity contribution in [2.45, 2.75) is 46.5 Å². The van der Waals surface area contributed by atoms with Crippen molar-refractivity contribution in [1.82, 2.24) is 5.16 Å². The van der Waals surface area contributed by atoms with Crippen LogP contribution in [0.4, 0.5) is 5.82 Å². The number of nitrogens with two attached hydrogens (primary N) is 1. The summed E-state index contributed by atoms with van der Waals surface area (Å²) in [6.45, 7) is 11.0. The molecular weight excluding hydrogens is 248 g/mol. The maximum atomic E-state index is 5.98. The zero-order valence-electron chi connectivity index (χ0n) is 13.0. The fraction of sp³-hybridized carbons (Fsp3) is 0.471. The smallest absolute Gasteiger partial charge is 0.172 e. The third-order valence-electron chi connectivity index (χ3n) is 3.41. The Morgan fingerprint density at radius 2 is 1.85 bits per heavy atom. The van der Waals surface area contributed by atoms with E-state index in [9.17, 15) is 0 Å². The van der Waals surface area contributed by atoms with Gasteiger partial charge in [0, 0.05) is 11.1 Å². The second-order valence-electron chi connectivity index (χ2n) is 6.77. The van der Waals surface area contributed by atoms with Crippen molar-refractivity contribution in [2.75, 3.05) is 5.73 Å². The van der Waals surface area contributed by atoms with Gasteiger partial charge >= 0.3 is 0 Å². The van der Waals surface area contributed by atoms with Gasteiger partial charge in [-0.15, -0.1) is 0 Å². The summed E-state index contributed by atoms with van der Waals surface area (Å²) in [7, 11) is 0. The molecule has 0 aliphatic rings. The highest BCUT2D eigenvalue weighted by Gasteiger charge is 2.24. The van der Waals surface area contributed by atoms with Gasteiger partial charge < -0.3 is 10.3 Å². The monoisotopic (exact) mass is 272 g/mol. The molecule has 0 spiro atoms. The molecule has 0 saturated carbocycles. The average Bonchev–Trinajstić information content (AvgIpc) is 2.69. The van der Waals surface area contributed by atoms with Gasteiger partial charge in [-0.2, -0.15) is 0 Å². The van der Waals surface area contributed by atoms with Crippen LogP contribution in [0.15, 0.2) is 28.8 Å². The lowest BCUT2D eigenvalue weighted by Crippen LogP contribution is -2.12. The molecule has 2 rings (SSSR count). The Kier molecular flexibility index (Phi) is 3.89. The average molecular weight is 272 g/mol. The summed E-state index contributed by atoms with van der Waals surface area (Å²) in [5, 5.41) is 3.97. The van der Waals surface area contributed by atoms with Crippen LogP contribution in [0.1, 0.15) is 45.7 Å². The maximum absolute atomic E-state index is 5.98. The van der Waals surface area contributed by atoms with E-state index < -0.39 is 0 Å². The lowest BCUT2D eigenvalue weighted by molar-refractivity contribution is 0.433. The Labute approximate surface area is 121 Å². The molecule has 3 heteroatoms. The fourth-order valence-electron chi connectivity index (χ4n) is 2.47. The molecule has 108 valence electrons. The van der Waals surface area contributed by atoms with Gasteiger partial charge in [-0.1, -0.05) is 64.0 Å². The molecule has 1 heterocycles. The van der Waals surface area contributed by atoms with Crippen molar-refractivity contribution in [3.8, 4) is 11.3 Å². The zero-order chi connectivity index (χ0) is 14.9. The molecule has 2 N–H and O–H groups in total. The third kappa shape index (κ3) is 2.87. The SMILES string of the molecule is CC(C)Cc1c(N)noc1-c1ccccc1C(C)(C)C. The maximum Gasteiger partial charge on any atom is 0.172 e. The van der Waals surface area contributed by atoms with Crippen LogP contribution in [0.2, 0.25) is 0 Å². The van der Waals surface area contributed by atoms with Crippen LogP contribution in [0.25, 0.3) is 11.3 Å². The van der Waals surface area contributed by atoms with E-state index in [-0.39, 0.29) is 5.41 Å². The van der Waals surface area contributed by atoms with Crippen molar-refractivity contribution < 1.29 is 4.52 Å². The number of nitrogen functional groups attached to an aromatic ring is 1. The van der Waals surface area contributed by atoms with E-state index in [0.29, 0.717) is 11.7 Å². The largest absolute Gasteiger partial charge is 0.381 e. The van der Waals surface area contributed by atoms with E-state index in [1.54, 1.807) is 0 Å². The molecule has 0 aliphatic carbocycles. The predicted molar refractivity (Wildman–Crippen MR) is 83.6 cm³/mol. The highest BCUT2D eigenvalue weighted by Crippen LogP contribution is 2.36. The van der Waals surface area contributed by atoms with E-state index in [1.165, 1.54) is 5.56 Å². The molecule has 0 unspecified atom stereocenters. The molecule has 20 heavy (non-hydrogen) atoms. The fourth-order valence-corrected chi connectivity index (χ4v) is 2.47. The summed E-state index contributed by atoms with van der Waals surface area (Å²) < 4.78 is 5.54. The Hall–Kier alpha value is -1.77. The molecule has 0 amide bonds. The molecule has 0 bridgehead atoms.